The van der Waals surface area contributed by atoms with Gasteiger partial charge in [-0.1, -0.05) is 11.8 Å². The monoisotopic (exact) mass is 211 g/mol. The summed E-state index contributed by atoms with van der Waals surface area (Å²) in [6, 6.07) is 2.00. The van der Waals surface area contributed by atoms with Crippen LogP contribution in [-0.2, 0) is 0 Å². The van der Waals surface area contributed by atoms with Crippen LogP contribution in [0.15, 0.2) is 22.2 Å². The van der Waals surface area contributed by atoms with E-state index in [1.54, 1.807) is 18.0 Å². The summed E-state index contributed by atoms with van der Waals surface area (Å²) < 4.78 is 0. The van der Waals surface area contributed by atoms with E-state index in [1.165, 1.54) is 18.9 Å². The first-order chi connectivity index (χ1) is 6.84. The fourth-order valence-corrected chi connectivity index (χ4v) is 2.46. The fraction of sp³-hybridized carbons (Fsp3) is 0.556. The third-order valence-electron chi connectivity index (χ3n) is 2.23. The Morgan fingerprint density at radius 2 is 2.57 bits per heavy atom. The summed E-state index contributed by atoms with van der Waals surface area (Å²) in [4.78, 5) is 17.7. The molecule has 0 unspecified atom stereocenters. The summed E-state index contributed by atoms with van der Waals surface area (Å²) in [7, 11) is 0. The first kappa shape index (κ1) is 9.73. The minimum absolute atomic E-state index is 0.0816. The van der Waals surface area contributed by atoms with Gasteiger partial charge in [-0.15, -0.1) is 0 Å². The lowest BCUT2D eigenvalue weighted by molar-refractivity contribution is 0.673. The first-order valence-corrected chi connectivity index (χ1v) is 5.75. The Labute approximate surface area is 86.5 Å². The molecule has 2 heterocycles. The molecule has 1 aliphatic rings. The van der Waals surface area contributed by atoms with Gasteiger partial charge in [-0.05, 0) is 19.4 Å². The molecule has 1 saturated heterocycles. The van der Waals surface area contributed by atoms with Crippen LogP contribution in [0.25, 0.3) is 0 Å². The van der Waals surface area contributed by atoms with Gasteiger partial charge in [-0.3, -0.25) is 4.79 Å². The Hall–Kier alpha value is -0.810. The first-order valence-electron chi connectivity index (χ1n) is 4.76. The van der Waals surface area contributed by atoms with Gasteiger partial charge in [0.05, 0.1) is 0 Å². The smallest absolute Gasteiger partial charge is 0.251 e. The fourth-order valence-electron chi connectivity index (χ4n) is 1.50. The maximum absolute atomic E-state index is 11.0. The van der Waals surface area contributed by atoms with Gasteiger partial charge in [0, 0.05) is 24.1 Å². The molecule has 1 atom stereocenters. The topological polar surface area (TPSA) is 57.8 Å². The van der Waals surface area contributed by atoms with Crippen molar-refractivity contribution in [2.24, 2.45) is 0 Å². The van der Waals surface area contributed by atoms with Crippen molar-refractivity contribution in [1.82, 2.24) is 15.3 Å². The van der Waals surface area contributed by atoms with Crippen molar-refractivity contribution in [3.8, 4) is 0 Å². The molecule has 1 aromatic heterocycles. The molecular formula is C9H13N3OS. The predicted octanol–water partition coefficient (Wildman–Crippen LogP) is 0.614. The molecule has 0 amide bonds. The molecule has 0 spiro atoms. The molecule has 5 heteroatoms. The molecule has 4 nitrogen and oxygen atoms in total. The van der Waals surface area contributed by atoms with E-state index in [-0.39, 0.29) is 5.56 Å². The standard InChI is InChI=1S/C9H13N3OS/c13-8-3-5-11-9(12-8)14-6-7-2-1-4-10-7/h3,5,7,10H,1-2,4,6H2,(H,11,12,13)/t7-/m1/s1. The second-order valence-electron chi connectivity index (χ2n) is 3.34. The lowest BCUT2D eigenvalue weighted by atomic mass is 10.3. The summed E-state index contributed by atoms with van der Waals surface area (Å²) in [6.45, 7) is 1.12. The third-order valence-corrected chi connectivity index (χ3v) is 3.28. The van der Waals surface area contributed by atoms with Crippen LogP contribution in [0.3, 0.4) is 0 Å². The maximum Gasteiger partial charge on any atom is 0.251 e. The SMILES string of the molecule is O=c1ccnc(SC[C@H]2CCCN2)[nH]1. The van der Waals surface area contributed by atoms with Crippen LogP contribution in [0.4, 0.5) is 0 Å². The van der Waals surface area contributed by atoms with Crippen molar-refractivity contribution in [1.29, 1.82) is 0 Å². The van der Waals surface area contributed by atoms with E-state index in [0.29, 0.717) is 11.2 Å². The van der Waals surface area contributed by atoms with E-state index in [9.17, 15) is 4.79 Å². The van der Waals surface area contributed by atoms with Crippen molar-refractivity contribution in [2.75, 3.05) is 12.3 Å². The van der Waals surface area contributed by atoms with Gasteiger partial charge in [0.2, 0.25) is 0 Å². The second-order valence-corrected chi connectivity index (χ2v) is 4.35. The van der Waals surface area contributed by atoms with Crippen molar-refractivity contribution in [3.63, 3.8) is 0 Å². The van der Waals surface area contributed by atoms with Gasteiger partial charge in [-0.25, -0.2) is 4.98 Å². The van der Waals surface area contributed by atoms with Gasteiger partial charge in [0.15, 0.2) is 5.16 Å². The van der Waals surface area contributed by atoms with E-state index >= 15 is 0 Å². The molecule has 1 fully saturated rings. The van der Waals surface area contributed by atoms with Crippen LogP contribution in [0.5, 0.6) is 0 Å². The number of H-pyrrole nitrogens is 1. The number of aromatic nitrogens is 2. The van der Waals surface area contributed by atoms with Crippen molar-refractivity contribution in [3.05, 3.63) is 22.6 Å². The number of aromatic amines is 1. The predicted molar refractivity (Wildman–Crippen MR) is 56.6 cm³/mol. The highest BCUT2D eigenvalue weighted by Crippen LogP contribution is 2.16. The molecule has 0 saturated carbocycles. The second kappa shape index (κ2) is 4.61. The molecule has 0 aliphatic carbocycles. The van der Waals surface area contributed by atoms with E-state index in [0.717, 1.165) is 12.3 Å². The highest BCUT2D eigenvalue weighted by Gasteiger charge is 2.14. The van der Waals surface area contributed by atoms with Crippen LogP contribution >= 0.6 is 11.8 Å². The third kappa shape index (κ3) is 2.59. The average molecular weight is 211 g/mol. The number of rotatable bonds is 3. The Kier molecular flexibility index (Phi) is 3.21. The van der Waals surface area contributed by atoms with Gasteiger partial charge in [0.1, 0.15) is 0 Å². The summed E-state index contributed by atoms with van der Waals surface area (Å²) >= 11 is 1.60. The molecule has 0 aromatic carbocycles. The summed E-state index contributed by atoms with van der Waals surface area (Å²) in [5.41, 5.74) is -0.0816. The summed E-state index contributed by atoms with van der Waals surface area (Å²) in [5, 5.41) is 4.11. The van der Waals surface area contributed by atoms with Crippen LogP contribution in [-0.4, -0.2) is 28.3 Å². The lowest BCUT2D eigenvalue weighted by Gasteiger charge is -2.07. The number of nitrogens with zero attached hydrogens (tertiary/aromatic N) is 1. The van der Waals surface area contributed by atoms with E-state index in [4.69, 9.17) is 0 Å². The highest BCUT2D eigenvalue weighted by atomic mass is 32.2. The maximum atomic E-state index is 11.0. The molecule has 0 bridgehead atoms. The molecule has 2 N–H and O–H groups in total. The van der Waals surface area contributed by atoms with Crippen molar-refractivity contribution in [2.45, 2.75) is 24.0 Å². The molecular weight excluding hydrogens is 198 g/mol. The minimum Gasteiger partial charge on any atom is -0.313 e. The van der Waals surface area contributed by atoms with Crippen LogP contribution in [0, 0.1) is 0 Å². The van der Waals surface area contributed by atoms with Crippen LogP contribution < -0.4 is 10.9 Å². The molecule has 2 rings (SSSR count). The minimum atomic E-state index is -0.0816. The molecule has 0 radical (unpaired) electrons. The normalized spacial score (nSPS) is 21.3. The number of thioether (sulfide) groups is 1. The Morgan fingerprint density at radius 1 is 1.64 bits per heavy atom. The van der Waals surface area contributed by atoms with Crippen molar-refractivity contribution >= 4 is 11.8 Å². The zero-order valence-corrected chi connectivity index (χ0v) is 8.64. The Morgan fingerprint density at radius 3 is 3.29 bits per heavy atom. The Balaban J connectivity index is 1.88. The van der Waals surface area contributed by atoms with E-state index in [2.05, 4.69) is 15.3 Å². The van der Waals surface area contributed by atoms with Gasteiger partial charge in [-0.2, -0.15) is 0 Å². The molecule has 1 aromatic rings. The number of hydrogen-bond acceptors (Lipinski definition) is 4. The quantitative estimate of drug-likeness (QED) is 0.568. The van der Waals surface area contributed by atoms with Crippen LogP contribution in [0.1, 0.15) is 12.8 Å². The zero-order chi connectivity index (χ0) is 9.80. The summed E-state index contributed by atoms with van der Waals surface area (Å²) in [6.07, 6.45) is 4.03. The summed E-state index contributed by atoms with van der Waals surface area (Å²) in [5.74, 6) is 0.979. The molecule has 1 aliphatic heterocycles. The van der Waals surface area contributed by atoms with Gasteiger partial charge >= 0.3 is 0 Å². The van der Waals surface area contributed by atoms with E-state index in [1.807, 2.05) is 0 Å². The van der Waals surface area contributed by atoms with E-state index < -0.39 is 0 Å². The number of nitrogens with one attached hydrogen (secondary N) is 2. The molecule has 76 valence electrons. The van der Waals surface area contributed by atoms with Gasteiger partial charge < -0.3 is 10.3 Å². The molecule has 14 heavy (non-hydrogen) atoms. The average Bonchev–Trinajstić information content (AvgIpc) is 2.67. The van der Waals surface area contributed by atoms with Crippen LogP contribution in [0.2, 0.25) is 0 Å². The van der Waals surface area contributed by atoms with Gasteiger partial charge in [0.25, 0.3) is 5.56 Å². The highest BCUT2D eigenvalue weighted by molar-refractivity contribution is 7.99. The number of hydrogen-bond donors (Lipinski definition) is 2. The Bertz CT molecular complexity index is 346. The zero-order valence-electron chi connectivity index (χ0n) is 7.82. The van der Waals surface area contributed by atoms with Crippen molar-refractivity contribution < 1.29 is 0 Å². The largest absolute Gasteiger partial charge is 0.313 e. The lowest BCUT2D eigenvalue weighted by Crippen LogP contribution is -2.23.